The lowest BCUT2D eigenvalue weighted by atomic mass is 10.1. The molecule has 0 aliphatic carbocycles. The van der Waals surface area contributed by atoms with Crippen molar-refractivity contribution in [3.8, 4) is 11.5 Å². The monoisotopic (exact) mass is 376 g/mol. The summed E-state index contributed by atoms with van der Waals surface area (Å²) < 4.78 is 38.7. The first-order chi connectivity index (χ1) is 12.9. The molecule has 0 N–H and O–H groups in total. The minimum atomic E-state index is -2.94. The van der Waals surface area contributed by atoms with Gasteiger partial charge in [0.1, 0.15) is 11.5 Å². The Labute approximate surface area is 155 Å². The van der Waals surface area contributed by atoms with E-state index in [0.717, 1.165) is 0 Å². The number of alkyl halides is 2. The number of hydrogen-bond acceptors (Lipinski definition) is 5. The summed E-state index contributed by atoms with van der Waals surface area (Å²) in [5.74, 6) is -0.625. The second-order valence-electron chi connectivity index (χ2n) is 5.42. The van der Waals surface area contributed by atoms with E-state index in [4.69, 9.17) is 9.47 Å². The van der Waals surface area contributed by atoms with Crippen molar-refractivity contribution in [1.29, 1.82) is 0 Å². The SMILES string of the molecule is COc1ccccc1/C=C/C(=O)O[C@H](C)C(=O)c1ccc(OC(F)F)cc1. The summed E-state index contributed by atoms with van der Waals surface area (Å²) in [6, 6.07) is 12.3. The van der Waals surface area contributed by atoms with Crippen LogP contribution in [0.5, 0.6) is 11.5 Å². The Balaban J connectivity index is 1.97. The Hall–Kier alpha value is -3.22. The number of ketones is 1. The largest absolute Gasteiger partial charge is 0.496 e. The second-order valence-corrected chi connectivity index (χ2v) is 5.42. The fourth-order valence-electron chi connectivity index (χ4n) is 2.26. The molecule has 0 aromatic heterocycles. The van der Waals surface area contributed by atoms with E-state index in [1.54, 1.807) is 24.3 Å². The molecule has 1 atom stereocenters. The number of para-hydroxylation sites is 1. The number of hydrogen-bond donors (Lipinski definition) is 0. The van der Waals surface area contributed by atoms with Crippen molar-refractivity contribution in [2.24, 2.45) is 0 Å². The summed E-state index contributed by atoms with van der Waals surface area (Å²) >= 11 is 0. The fourth-order valence-corrected chi connectivity index (χ4v) is 2.26. The van der Waals surface area contributed by atoms with Gasteiger partial charge in [0.2, 0.25) is 5.78 Å². The summed E-state index contributed by atoms with van der Waals surface area (Å²) in [5.41, 5.74) is 0.899. The summed E-state index contributed by atoms with van der Waals surface area (Å²) in [6.07, 6.45) is 1.68. The number of rotatable bonds is 8. The molecule has 7 heteroatoms. The van der Waals surface area contributed by atoms with Gasteiger partial charge in [0, 0.05) is 17.2 Å². The molecule has 0 saturated carbocycles. The smallest absolute Gasteiger partial charge is 0.387 e. The predicted octanol–water partition coefficient (Wildman–Crippen LogP) is 4.12. The highest BCUT2D eigenvalue weighted by Gasteiger charge is 2.19. The quantitative estimate of drug-likeness (QED) is 0.394. The van der Waals surface area contributed by atoms with E-state index in [0.29, 0.717) is 11.3 Å². The Morgan fingerprint density at radius 2 is 1.70 bits per heavy atom. The van der Waals surface area contributed by atoms with E-state index in [1.165, 1.54) is 50.5 Å². The van der Waals surface area contributed by atoms with Gasteiger partial charge in [-0.2, -0.15) is 8.78 Å². The molecule has 0 heterocycles. The average Bonchev–Trinajstić information content (AvgIpc) is 2.66. The molecular weight excluding hydrogens is 358 g/mol. The van der Waals surface area contributed by atoms with Crippen LogP contribution in [0.15, 0.2) is 54.6 Å². The van der Waals surface area contributed by atoms with Gasteiger partial charge in [0.25, 0.3) is 0 Å². The zero-order valence-corrected chi connectivity index (χ0v) is 14.7. The first-order valence-electron chi connectivity index (χ1n) is 8.01. The molecule has 2 aromatic carbocycles. The fraction of sp³-hybridized carbons (Fsp3) is 0.200. The van der Waals surface area contributed by atoms with E-state index >= 15 is 0 Å². The van der Waals surface area contributed by atoms with Crippen LogP contribution in [-0.4, -0.2) is 31.6 Å². The lowest BCUT2D eigenvalue weighted by Gasteiger charge is -2.11. The zero-order chi connectivity index (χ0) is 19.8. The van der Waals surface area contributed by atoms with Gasteiger partial charge in [0.05, 0.1) is 7.11 Å². The van der Waals surface area contributed by atoms with Crippen molar-refractivity contribution >= 4 is 17.8 Å². The van der Waals surface area contributed by atoms with Crippen LogP contribution in [0.1, 0.15) is 22.8 Å². The molecule has 0 radical (unpaired) electrons. The molecule has 142 valence electrons. The first kappa shape index (κ1) is 20.1. The number of carbonyl (C=O) groups excluding carboxylic acids is 2. The maximum absolute atomic E-state index is 12.3. The van der Waals surface area contributed by atoms with Gasteiger partial charge in [-0.3, -0.25) is 4.79 Å². The number of esters is 1. The lowest BCUT2D eigenvalue weighted by molar-refractivity contribution is -0.140. The number of carbonyl (C=O) groups is 2. The second kappa shape index (κ2) is 9.47. The Bertz CT molecular complexity index is 815. The van der Waals surface area contributed by atoms with Gasteiger partial charge in [-0.25, -0.2) is 4.79 Å². The molecule has 0 unspecified atom stereocenters. The molecule has 0 spiro atoms. The number of benzene rings is 2. The summed E-state index contributed by atoms with van der Waals surface area (Å²) in [7, 11) is 1.52. The topological polar surface area (TPSA) is 61.8 Å². The highest BCUT2D eigenvalue weighted by atomic mass is 19.3. The van der Waals surface area contributed by atoms with Gasteiger partial charge < -0.3 is 14.2 Å². The number of methoxy groups -OCH3 is 1. The molecular formula is C20H18F2O5. The van der Waals surface area contributed by atoms with Gasteiger partial charge in [-0.1, -0.05) is 18.2 Å². The van der Waals surface area contributed by atoms with Crippen LogP contribution < -0.4 is 9.47 Å². The highest BCUT2D eigenvalue weighted by molar-refractivity contribution is 6.01. The summed E-state index contributed by atoms with van der Waals surface area (Å²) in [5, 5.41) is 0. The molecule has 0 fully saturated rings. The van der Waals surface area contributed by atoms with Gasteiger partial charge in [-0.15, -0.1) is 0 Å². The normalized spacial score (nSPS) is 12.0. The van der Waals surface area contributed by atoms with Crippen LogP contribution in [0.25, 0.3) is 6.08 Å². The molecule has 0 aliphatic heterocycles. The third kappa shape index (κ3) is 5.91. The molecule has 2 rings (SSSR count). The Kier molecular flexibility index (Phi) is 7.05. The average molecular weight is 376 g/mol. The van der Waals surface area contributed by atoms with E-state index in [9.17, 15) is 18.4 Å². The Morgan fingerprint density at radius 3 is 2.33 bits per heavy atom. The third-order valence-corrected chi connectivity index (χ3v) is 3.56. The minimum absolute atomic E-state index is 0.0639. The number of halogens is 2. The maximum atomic E-state index is 12.3. The van der Waals surface area contributed by atoms with Crippen LogP contribution >= 0.6 is 0 Å². The minimum Gasteiger partial charge on any atom is -0.496 e. The number of ether oxygens (including phenoxy) is 3. The molecule has 2 aromatic rings. The van der Waals surface area contributed by atoms with Crippen molar-refractivity contribution in [2.75, 3.05) is 7.11 Å². The lowest BCUT2D eigenvalue weighted by Crippen LogP contribution is -2.23. The van der Waals surface area contributed by atoms with Crippen LogP contribution in [0.3, 0.4) is 0 Å². The molecule has 27 heavy (non-hydrogen) atoms. The zero-order valence-electron chi connectivity index (χ0n) is 14.7. The van der Waals surface area contributed by atoms with Gasteiger partial charge >= 0.3 is 12.6 Å². The van der Waals surface area contributed by atoms with Gasteiger partial charge in [-0.05, 0) is 43.3 Å². The number of Topliss-reactive ketones (excluding diaryl/α,β-unsaturated/α-hetero) is 1. The van der Waals surface area contributed by atoms with Crippen molar-refractivity contribution in [2.45, 2.75) is 19.6 Å². The third-order valence-electron chi connectivity index (χ3n) is 3.56. The van der Waals surface area contributed by atoms with E-state index in [2.05, 4.69) is 4.74 Å². The standard InChI is InChI=1S/C20H18F2O5/c1-13(19(24)15-7-10-16(11-8-15)27-20(21)22)26-18(23)12-9-14-5-3-4-6-17(14)25-2/h3-13,20H,1-2H3/b12-9+/t13-/m1/s1. The highest BCUT2D eigenvalue weighted by Crippen LogP contribution is 2.19. The van der Waals surface area contributed by atoms with Crippen LogP contribution in [-0.2, 0) is 9.53 Å². The molecule has 5 nitrogen and oxygen atoms in total. The molecule has 0 bridgehead atoms. The van der Waals surface area contributed by atoms with Crippen LogP contribution in [0, 0.1) is 0 Å². The van der Waals surface area contributed by atoms with E-state index in [1.807, 2.05) is 0 Å². The van der Waals surface area contributed by atoms with Crippen molar-refractivity contribution in [3.05, 3.63) is 65.7 Å². The summed E-state index contributed by atoms with van der Waals surface area (Å²) in [6.45, 7) is -1.51. The van der Waals surface area contributed by atoms with Crippen LogP contribution in [0.2, 0.25) is 0 Å². The maximum Gasteiger partial charge on any atom is 0.387 e. The van der Waals surface area contributed by atoms with E-state index < -0.39 is 24.5 Å². The predicted molar refractivity (Wildman–Crippen MR) is 95.0 cm³/mol. The molecule has 0 aliphatic rings. The Morgan fingerprint density at radius 1 is 1.04 bits per heavy atom. The van der Waals surface area contributed by atoms with E-state index in [-0.39, 0.29) is 11.3 Å². The first-order valence-corrected chi connectivity index (χ1v) is 8.01. The summed E-state index contributed by atoms with van der Waals surface area (Å²) in [4.78, 5) is 24.2. The molecule has 0 saturated heterocycles. The van der Waals surface area contributed by atoms with Crippen LogP contribution in [0.4, 0.5) is 8.78 Å². The van der Waals surface area contributed by atoms with Gasteiger partial charge in [0.15, 0.2) is 6.10 Å². The molecule has 0 amide bonds. The van der Waals surface area contributed by atoms with Crippen molar-refractivity contribution in [1.82, 2.24) is 0 Å². The van der Waals surface area contributed by atoms with Crippen molar-refractivity contribution in [3.63, 3.8) is 0 Å². The van der Waals surface area contributed by atoms with Crippen molar-refractivity contribution < 1.29 is 32.6 Å².